The smallest absolute Gasteiger partial charge is 0.243 e. The molecule has 4 atom stereocenters. The van der Waals surface area contributed by atoms with E-state index in [2.05, 4.69) is 16.0 Å². The number of nitrogens with one attached hydrogen (secondary N) is 3. The van der Waals surface area contributed by atoms with Gasteiger partial charge in [-0.05, 0) is 32.2 Å². The van der Waals surface area contributed by atoms with Gasteiger partial charge in [-0.25, -0.2) is 0 Å². The topological polar surface area (TPSA) is 108 Å². The molecule has 1 heterocycles. The highest BCUT2D eigenvalue weighted by molar-refractivity contribution is 5.91. The normalized spacial score (nSPS) is 22.4. The number of aliphatic hydroxyl groups excluding tert-OH is 1. The van der Waals surface area contributed by atoms with Crippen molar-refractivity contribution in [2.24, 2.45) is 5.92 Å². The Morgan fingerprint density at radius 2 is 1.95 bits per heavy atom. The second-order valence-corrected chi connectivity index (χ2v) is 5.72. The van der Waals surface area contributed by atoms with E-state index in [1.165, 1.54) is 6.92 Å². The lowest BCUT2D eigenvalue weighted by molar-refractivity contribution is -0.131. The first kappa shape index (κ1) is 17.6. The SMILES string of the molecule is CC(C)[C@H](NC(=O)[C@@H]1CCCN1)C(=O)N[C@H]([C]=O)[C@@H](C)O. The van der Waals surface area contributed by atoms with Crippen LogP contribution < -0.4 is 16.0 Å². The molecule has 119 valence electrons. The first-order chi connectivity index (χ1) is 9.86. The van der Waals surface area contributed by atoms with Crippen LogP contribution in [0.2, 0.25) is 0 Å². The van der Waals surface area contributed by atoms with Crippen LogP contribution in [0.5, 0.6) is 0 Å². The summed E-state index contributed by atoms with van der Waals surface area (Å²) in [6, 6.07) is -2.13. The maximum Gasteiger partial charge on any atom is 0.243 e. The Morgan fingerprint density at radius 3 is 2.38 bits per heavy atom. The summed E-state index contributed by atoms with van der Waals surface area (Å²) in [4.78, 5) is 35.0. The molecule has 7 heteroatoms. The number of hydrogen-bond acceptors (Lipinski definition) is 5. The minimum Gasteiger partial charge on any atom is -0.391 e. The number of hydrogen-bond donors (Lipinski definition) is 4. The third-order valence-electron chi connectivity index (χ3n) is 3.53. The fraction of sp³-hybridized carbons (Fsp3) is 0.786. The zero-order valence-corrected chi connectivity index (χ0v) is 12.7. The van der Waals surface area contributed by atoms with Crippen LogP contribution in [-0.2, 0) is 14.4 Å². The van der Waals surface area contributed by atoms with E-state index in [-0.39, 0.29) is 17.9 Å². The number of carbonyl (C=O) groups excluding carboxylic acids is 3. The molecule has 0 aromatic heterocycles. The second kappa shape index (κ2) is 8.09. The summed E-state index contributed by atoms with van der Waals surface area (Å²) < 4.78 is 0. The van der Waals surface area contributed by atoms with Gasteiger partial charge < -0.3 is 21.1 Å². The fourth-order valence-electron chi connectivity index (χ4n) is 2.19. The van der Waals surface area contributed by atoms with Crippen LogP contribution in [0.15, 0.2) is 0 Å². The van der Waals surface area contributed by atoms with Gasteiger partial charge in [-0.3, -0.25) is 14.4 Å². The van der Waals surface area contributed by atoms with Gasteiger partial charge in [0.1, 0.15) is 12.1 Å². The Bertz CT molecular complexity index is 378. The van der Waals surface area contributed by atoms with Crippen molar-refractivity contribution in [1.82, 2.24) is 16.0 Å². The molecule has 21 heavy (non-hydrogen) atoms. The summed E-state index contributed by atoms with van der Waals surface area (Å²) in [6.45, 7) is 5.78. The molecule has 0 spiro atoms. The quantitative estimate of drug-likeness (QED) is 0.475. The Kier molecular flexibility index (Phi) is 6.77. The minimum atomic E-state index is -1.10. The summed E-state index contributed by atoms with van der Waals surface area (Å²) in [6.07, 6.45) is 2.22. The Hall–Kier alpha value is -1.47. The predicted octanol–water partition coefficient (Wildman–Crippen LogP) is -1.15. The summed E-state index contributed by atoms with van der Waals surface area (Å²) >= 11 is 0. The zero-order chi connectivity index (χ0) is 16.0. The third kappa shape index (κ3) is 5.09. The van der Waals surface area contributed by atoms with Crippen molar-refractivity contribution < 1.29 is 19.5 Å². The zero-order valence-electron chi connectivity index (χ0n) is 12.7. The standard InChI is InChI=1S/C14H24N3O4/c1-8(2)12(14(21)16-11(7-18)9(3)19)17-13(20)10-5-4-6-15-10/h8-12,15,19H,4-6H2,1-3H3,(H,16,21)(H,17,20)/t9-,10+,11-,12+/m1/s1. The van der Waals surface area contributed by atoms with Crippen molar-refractivity contribution in [3.63, 3.8) is 0 Å². The molecule has 0 aliphatic carbocycles. The van der Waals surface area contributed by atoms with Gasteiger partial charge in [-0.1, -0.05) is 13.8 Å². The minimum absolute atomic E-state index is 0.142. The predicted molar refractivity (Wildman–Crippen MR) is 77.1 cm³/mol. The van der Waals surface area contributed by atoms with E-state index >= 15 is 0 Å². The van der Waals surface area contributed by atoms with Crippen LogP contribution >= 0.6 is 0 Å². The van der Waals surface area contributed by atoms with Crippen molar-refractivity contribution in [3.05, 3.63) is 0 Å². The summed E-state index contributed by atoms with van der Waals surface area (Å²) in [7, 11) is 0. The largest absolute Gasteiger partial charge is 0.391 e. The molecule has 1 radical (unpaired) electrons. The van der Waals surface area contributed by atoms with E-state index in [4.69, 9.17) is 0 Å². The average Bonchev–Trinajstić information content (AvgIpc) is 2.94. The Labute approximate surface area is 124 Å². The van der Waals surface area contributed by atoms with E-state index in [9.17, 15) is 19.5 Å². The lowest BCUT2D eigenvalue weighted by atomic mass is 10.0. The molecule has 0 aromatic carbocycles. The van der Waals surface area contributed by atoms with E-state index in [1.54, 1.807) is 20.1 Å². The highest BCUT2D eigenvalue weighted by atomic mass is 16.3. The molecule has 7 nitrogen and oxygen atoms in total. The Balaban J connectivity index is 2.65. The molecule has 1 rings (SSSR count). The monoisotopic (exact) mass is 298 g/mol. The average molecular weight is 298 g/mol. The van der Waals surface area contributed by atoms with E-state index < -0.39 is 24.1 Å². The maximum absolute atomic E-state index is 12.2. The van der Waals surface area contributed by atoms with Crippen molar-refractivity contribution >= 4 is 18.1 Å². The van der Waals surface area contributed by atoms with Gasteiger partial charge in [-0.15, -0.1) is 0 Å². The van der Waals surface area contributed by atoms with Gasteiger partial charge >= 0.3 is 0 Å². The van der Waals surface area contributed by atoms with Crippen LogP contribution in [0.4, 0.5) is 0 Å². The van der Waals surface area contributed by atoms with Crippen LogP contribution in [0.25, 0.3) is 0 Å². The van der Waals surface area contributed by atoms with Crippen LogP contribution in [-0.4, -0.2) is 54.0 Å². The highest BCUT2D eigenvalue weighted by Crippen LogP contribution is 2.08. The molecule has 1 aliphatic rings. The summed E-state index contributed by atoms with van der Waals surface area (Å²) in [5, 5.41) is 17.5. The molecule has 4 N–H and O–H groups in total. The summed E-state index contributed by atoms with van der Waals surface area (Å²) in [5.41, 5.74) is 0. The molecular weight excluding hydrogens is 274 g/mol. The molecule has 0 unspecified atom stereocenters. The third-order valence-corrected chi connectivity index (χ3v) is 3.53. The van der Waals surface area contributed by atoms with E-state index in [1.807, 2.05) is 0 Å². The van der Waals surface area contributed by atoms with Gasteiger partial charge in [0.15, 0.2) is 0 Å². The molecule has 1 aliphatic heterocycles. The molecular formula is C14H24N3O4. The molecule has 1 saturated heterocycles. The van der Waals surface area contributed by atoms with Crippen LogP contribution in [0.3, 0.4) is 0 Å². The number of aliphatic hydroxyl groups is 1. The number of rotatable bonds is 7. The van der Waals surface area contributed by atoms with E-state index in [0.29, 0.717) is 0 Å². The molecule has 1 fully saturated rings. The second-order valence-electron chi connectivity index (χ2n) is 5.72. The van der Waals surface area contributed by atoms with Crippen molar-refractivity contribution in [1.29, 1.82) is 0 Å². The van der Waals surface area contributed by atoms with Gasteiger partial charge in [0.05, 0.1) is 12.1 Å². The van der Waals surface area contributed by atoms with Gasteiger partial charge in [0.25, 0.3) is 0 Å². The fourth-order valence-corrected chi connectivity index (χ4v) is 2.19. The molecule has 0 aromatic rings. The van der Waals surface area contributed by atoms with Crippen LogP contribution in [0.1, 0.15) is 33.6 Å². The maximum atomic E-state index is 12.2. The first-order valence-electron chi connectivity index (χ1n) is 7.26. The van der Waals surface area contributed by atoms with Gasteiger partial charge in [-0.2, -0.15) is 0 Å². The van der Waals surface area contributed by atoms with Crippen molar-refractivity contribution in [2.45, 2.75) is 57.8 Å². The number of amides is 2. The lowest BCUT2D eigenvalue weighted by Gasteiger charge is -2.25. The van der Waals surface area contributed by atoms with Crippen molar-refractivity contribution in [2.75, 3.05) is 6.54 Å². The van der Waals surface area contributed by atoms with E-state index in [0.717, 1.165) is 19.4 Å². The van der Waals surface area contributed by atoms with Gasteiger partial charge in [0, 0.05) is 0 Å². The number of carbonyl (C=O) groups is 2. The summed E-state index contributed by atoms with van der Waals surface area (Å²) in [5.74, 6) is -0.854. The highest BCUT2D eigenvalue weighted by Gasteiger charge is 2.30. The molecule has 2 amide bonds. The molecule has 0 saturated carbocycles. The molecule has 0 bridgehead atoms. The first-order valence-corrected chi connectivity index (χ1v) is 7.26. The van der Waals surface area contributed by atoms with Gasteiger partial charge in [0.2, 0.25) is 18.1 Å². The van der Waals surface area contributed by atoms with Crippen LogP contribution in [0, 0.1) is 5.92 Å². The lowest BCUT2D eigenvalue weighted by Crippen LogP contribution is -2.56. The van der Waals surface area contributed by atoms with Crippen molar-refractivity contribution in [3.8, 4) is 0 Å². The Morgan fingerprint density at radius 1 is 1.29 bits per heavy atom.